The Kier molecular flexibility index (Phi) is 6.83. The number of carbonyl (C=O) groups is 2. The van der Waals surface area contributed by atoms with E-state index in [1.165, 1.54) is 6.92 Å². The third-order valence-electron chi connectivity index (χ3n) is 2.12. The van der Waals surface area contributed by atoms with Crippen LogP contribution in [-0.2, 0) is 9.53 Å². The fourth-order valence-electron chi connectivity index (χ4n) is 1.25. The average Bonchev–Trinajstić information content (AvgIpc) is 2.19. The lowest BCUT2D eigenvalue weighted by Crippen LogP contribution is -2.53. The van der Waals surface area contributed by atoms with Gasteiger partial charge in [0.2, 0.25) is 5.91 Å². The topological polar surface area (TPSA) is 87.7 Å². The van der Waals surface area contributed by atoms with Crippen LogP contribution in [0.1, 0.15) is 41.5 Å². The molecule has 0 saturated carbocycles. The Balaban J connectivity index is 4.49. The van der Waals surface area contributed by atoms with Gasteiger partial charge < -0.3 is 20.5 Å². The summed E-state index contributed by atoms with van der Waals surface area (Å²) in [4.78, 5) is 23.4. The highest BCUT2D eigenvalue weighted by Crippen LogP contribution is 2.07. The number of rotatable bonds is 5. The van der Waals surface area contributed by atoms with Crippen molar-refractivity contribution in [1.29, 1.82) is 0 Å². The highest BCUT2D eigenvalue weighted by molar-refractivity contribution is 5.86. The van der Waals surface area contributed by atoms with E-state index in [4.69, 9.17) is 4.74 Å². The van der Waals surface area contributed by atoms with Crippen LogP contribution < -0.4 is 10.6 Å². The first-order chi connectivity index (χ1) is 8.53. The normalized spacial score (nSPS) is 14.7. The van der Waals surface area contributed by atoms with E-state index < -0.39 is 29.7 Å². The molecule has 3 N–H and O–H groups in total. The quantitative estimate of drug-likeness (QED) is 0.699. The van der Waals surface area contributed by atoms with Crippen LogP contribution in [0.4, 0.5) is 4.79 Å². The minimum absolute atomic E-state index is 0.292. The molecule has 0 aliphatic heterocycles. The summed E-state index contributed by atoms with van der Waals surface area (Å²) in [5, 5.41) is 14.6. The molecule has 2 amide bonds. The van der Waals surface area contributed by atoms with E-state index in [9.17, 15) is 14.7 Å². The Morgan fingerprint density at radius 1 is 1.21 bits per heavy atom. The summed E-state index contributed by atoms with van der Waals surface area (Å²) in [5.74, 6) is -0.130. The predicted octanol–water partition coefficient (Wildman–Crippen LogP) is 1.03. The average molecular weight is 274 g/mol. The summed E-state index contributed by atoms with van der Waals surface area (Å²) in [7, 11) is 0. The molecule has 112 valence electrons. The highest BCUT2D eigenvalue weighted by Gasteiger charge is 2.27. The molecule has 6 heteroatoms. The van der Waals surface area contributed by atoms with Gasteiger partial charge in [-0.25, -0.2) is 4.79 Å². The molecule has 6 nitrogen and oxygen atoms in total. The number of carbonyl (C=O) groups excluding carboxylic acids is 2. The van der Waals surface area contributed by atoms with Gasteiger partial charge >= 0.3 is 6.09 Å². The Labute approximate surface area is 114 Å². The molecule has 19 heavy (non-hydrogen) atoms. The SMILES string of the molecule is CC(C)CNC(=O)[C@@H](NC(=O)OC(C)(C)C)[C@@H](C)O. The molecule has 0 radical (unpaired) electrons. The number of hydrogen-bond donors (Lipinski definition) is 3. The van der Waals surface area contributed by atoms with Crippen molar-refractivity contribution < 1.29 is 19.4 Å². The van der Waals surface area contributed by atoms with Gasteiger partial charge in [-0.05, 0) is 33.6 Å². The van der Waals surface area contributed by atoms with Crippen molar-refractivity contribution in [3.63, 3.8) is 0 Å². The Morgan fingerprint density at radius 2 is 1.74 bits per heavy atom. The second-order valence-electron chi connectivity index (χ2n) is 6.00. The number of aliphatic hydroxyl groups is 1. The predicted molar refractivity (Wildman–Crippen MR) is 72.7 cm³/mol. The van der Waals surface area contributed by atoms with Crippen molar-refractivity contribution >= 4 is 12.0 Å². The van der Waals surface area contributed by atoms with Gasteiger partial charge in [0.1, 0.15) is 11.6 Å². The van der Waals surface area contributed by atoms with Gasteiger partial charge in [-0.2, -0.15) is 0 Å². The number of alkyl carbamates (subject to hydrolysis) is 1. The number of hydrogen-bond acceptors (Lipinski definition) is 4. The van der Waals surface area contributed by atoms with Gasteiger partial charge in [0.05, 0.1) is 6.10 Å². The molecular weight excluding hydrogens is 248 g/mol. The molecule has 0 spiro atoms. The van der Waals surface area contributed by atoms with Gasteiger partial charge in [-0.15, -0.1) is 0 Å². The van der Waals surface area contributed by atoms with Crippen molar-refractivity contribution in [2.45, 2.75) is 59.3 Å². The Bertz CT molecular complexity index is 308. The van der Waals surface area contributed by atoms with E-state index in [1.54, 1.807) is 20.8 Å². The molecule has 0 fully saturated rings. The molecule has 0 unspecified atom stereocenters. The summed E-state index contributed by atoms with van der Waals surface area (Å²) in [6.07, 6.45) is -1.72. The van der Waals surface area contributed by atoms with Crippen LogP contribution in [0.3, 0.4) is 0 Å². The summed E-state index contributed by atoms with van der Waals surface area (Å²) in [5.41, 5.74) is -0.651. The first kappa shape index (κ1) is 17.7. The molecule has 0 aliphatic rings. The number of nitrogens with one attached hydrogen (secondary N) is 2. The lowest BCUT2D eigenvalue weighted by atomic mass is 10.1. The lowest BCUT2D eigenvalue weighted by Gasteiger charge is -2.24. The summed E-state index contributed by atoms with van der Waals surface area (Å²) in [6.45, 7) is 11.0. The maximum Gasteiger partial charge on any atom is 0.408 e. The molecule has 0 aromatic carbocycles. The second-order valence-corrected chi connectivity index (χ2v) is 6.00. The van der Waals surface area contributed by atoms with Gasteiger partial charge in [-0.1, -0.05) is 13.8 Å². The van der Waals surface area contributed by atoms with Gasteiger partial charge in [0.25, 0.3) is 0 Å². The summed E-state index contributed by atoms with van der Waals surface area (Å²) >= 11 is 0. The fraction of sp³-hybridized carbons (Fsp3) is 0.846. The third kappa shape index (κ3) is 8.42. The Morgan fingerprint density at radius 3 is 2.11 bits per heavy atom. The van der Waals surface area contributed by atoms with E-state index in [0.717, 1.165) is 0 Å². The van der Waals surface area contributed by atoms with Crippen LogP contribution in [-0.4, -0.2) is 41.4 Å². The first-order valence-electron chi connectivity index (χ1n) is 6.48. The van der Waals surface area contributed by atoms with Gasteiger partial charge in [0.15, 0.2) is 0 Å². The van der Waals surface area contributed by atoms with Crippen LogP contribution in [0, 0.1) is 5.92 Å². The van der Waals surface area contributed by atoms with E-state index in [-0.39, 0.29) is 0 Å². The summed E-state index contributed by atoms with van der Waals surface area (Å²) in [6, 6.07) is -1.02. The third-order valence-corrected chi connectivity index (χ3v) is 2.12. The molecule has 0 bridgehead atoms. The minimum Gasteiger partial charge on any atom is -0.444 e. The van der Waals surface area contributed by atoms with E-state index >= 15 is 0 Å². The molecule has 0 aliphatic carbocycles. The minimum atomic E-state index is -1.02. The van der Waals surface area contributed by atoms with Crippen molar-refractivity contribution in [3.8, 4) is 0 Å². The zero-order valence-corrected chi connectivity index (χ0v) is 12.6. The van der Waals surface area contributed by atoms with Crippen molar-refractivity contribution in [2.75, 3.05) is 6.54 Å². The van der Waals surface area contributed by atoms with Crippen molar-refractivity contribution in [1.82, 2.24) is 10.6 Å². The maximum absolute atomic E-state index is 11.8. The highest BCUT2D eigenvalue weighted by atomic mass is 16.6. The standard InChI is InChI=1S/C13H26N2O4/c1-8(2)7-14-11(17)10(9(3)16)15-12(18)19-13(4,5)6/h8-10,16H,7H2,1-6H3,(H,14,17)(H,15,18)/t9-,10+/m1/s1. The molecule has 0 rings (SSSR count). The van der Waals surface area contributed by atoms with Gasteiger partial charge in [0, 0.05) is 6.54 Å². The number of ether oxygens (including phenoxy) is 1. The fourth-order valence-corrected chi connectivity index (χ4v) is 1.25. The van der Waals surface area contributed by atoms with Crippen LogP contribution in [0.2, 0.25) is 0 Å². The molecule has 2 atom stereocenters. The van der Waals surface area contributed by atoms with E-state index in [0.29, 0.717) is 12.5 Å². The van der Waals surface area contributed by atoms with E-state index in [1.807, 2.05) is 13.8 Å². The molecule has 0 aromatic rings. The van der Waals surface area contributed by atoms with Gasteiger partial charge in [-0.3, -0.25) is 4.79 Å². The van der Waals surface area contributed by atoms with Crippen LogP contribution in [0.5, 0.6) is 0 Å². The van der Waals surface area contributed by atoms with Crippen LogP contribution >= 0.6 is 0 Å². The zero-order chi connectivity index (χ0) is 15.2. The zero-order valence-electron chi connectivity index (χ0n) is 12.6. The smallest absolute Gasteiger partial charge is 0.408 e. The Hall–Kier alpha value is -1.30. The largest absolute Gasteiger partial charge is 0.444 e. The molecular formula is C13H26N2O4. The molecule has 0 saturated heterocycles. The second kappa shape index (κ2) is 7.33. The van der Waals surface area contributed by atoms with Crippen LogP contribution in [0.15, 0.2) is 0 Å². The van der Waals surface area contributed by atoms with E-state index in [2.05, 4.69) is 10.6 Å². The molecule has 0 heterocycles. The monoisotopic (exact) mass is 274 g/mol. The van der Waals surface area contributed by atoms with Crippen molar-refractivity contribution in [2.24, 2.45) is 5.92 Å². The van der Waals surface area contributed by atoms with Crippen molar-refractivity contribution in [3.05, 3.63) is 0 Å². The number of amides is 2. The first-order valence-corrected chi connectivity index (χ1v) is 6.48. The van der Waals surface area contributed by atoms with Crippen LogP contribution in [0.25, 0.3) is 0 Å². The lowest BCUT2D eigenvalue weighted by molar-refractivity contribution is -0.125. The maximum atomic E-state index is 11.8. The molecule has 0 aromatic heterocycles. The number of aliphatic hydroxyl groups excluding tert-OH is 1. The summed E-state index contributed by atoms with van der Waals surface area (Å²) < 4.78 is 5.05.